The molecule has 4 rings (SSSR count). The number of anilines is 2. The highest BCUT2D eigenvalue weighted by Gasteiger charge is 2.20. The Bertz CT molecular complexity index is 1290. The van der Waals surface area contributed by atoms with Crippen LogP contribution >= 0.6 is 11.6 Å². The first-order valence-corrected chi connectivity index (χ1v) is 13.0. The molecule has 0 saturated heterocycles. The van der Waals surface area contributed by atoms with Crippen LogP contribution in [0.25, 0.3) is 0 Å². The smallest absolute Gasteiger partial charge is 0.244 e. The Kier molecular flexibility index (Phi) is 9.88. The van der Waals surface area contributed by atoms with Crippen molar-refractivity contribution in [2.45, 2.75) is 6.42 Å². The number of carbonyl (C=O) groups is 2. The van der Waals surface area contributed by atoms with Gasteiger partial charge in [0.15, 0.2) is 17.2 Å². The topological polar surface area (TPSA) is 89.6 Å². The summed E-state index contributed by atoms with van der Waals surface area (Å²) in [7, 11) is 3.50. The van der Waals surface area contributed by atoms with E-state index in [0.29, 0.717) is 47.7 Å². The Hall–Kier alpha value is -3.95. The van der Waals surface area contributed by atoms with Crippen molar-refractivity contribution in [3.8, 4) is 23.0 Å². The van der Waals surface area contributed by atoms with E-state index in [-0.39, 0.29) is 37.9 Å². The summed E-state index contributed by atoms with van der Waals surface area (Å²) in [6, 6.07) is 19.8. The van der Waals surface area contributed by atoms with Crippen LogP contribution in [0.2, 0.25) is 5.02 Å². The molecule has 0 aromatic heterocycles. The van der Waals surface area contributed by atoms with Crippen molar-refractivity contribution in [2.75, 3.05) is 63.8 Å². The van der Waals surface area contributed by atoms with Crippen molar-refractivity contribution in [3.63, 3.8) is 0 Å². The maximum absolute atomic E-state index is 13.2. The van der Waals surface area contributed by atoms with E-state index in [4.69, 9.17) is 30.5 Å². The Labute approximate surface area is 233 Å². The Balaban J connectivity index is 1.49. The van der Waals surface area contributed by atoms with Gasteiger partial charge in [-0.3, -0.25) is 9.59 Å². The van der Waals surface area contributed by atoms with Crippen molar-refractivity contribution < 1.29 is 28.5 Å². The van der Waals surface area contributed by atoms with Crippen LogP contribution < -0.4 is 24.4 Å². The van der Waals surface area contributed by atoms with Gasteiger partial charge in [-0.15, -0.1) is 0 Å². The number of rotatable bonds is 5. The molecule has 39 heavy (non-hydrogen) atoms. The Morgan fingerprint density at radius 3 is 2.62 bits per heavy atom. The van der Waals surface area contributed by atoms with Crippen LogP contribution in [0.1, 0.15) is 6.42 Å². The molecule has 0 saturated carbocycles. The third kappa shape index (κ3) is 7.78. The molecule has 0 spiro atoms. The molecule has 10 heteroatoms. The van der Waals surface area contributed by atoms with Gasteiger partial charge in [-0.1, -0.05) is 35.9 Å². The number of ether oxygens (including phenoxy) is 4. The van der Waals surface area contributed by atoms with Crippen LogP contribution in [-0.2, 0) is 14.3 Å². The van der Waals surface area contributed by atoms with Crippen LogP contribution in [0, 0.1) is 0 Å². The minimum Gasteiger partial charge on any atom is -0.495 e. The molecule has 0 radical (unpaired) electrons. The van der Waals surface area contributed by atoms with E-state index < -0.39 is 0 Å². The Morgan fingerprint density at radius 2 is 1.79 bits per heavy atom. The van der Waals surface area contributed by atoms with Gasteiger partial charge in [0.2, 0.25) is 11.8 Å². The molecule has 1 N–H and O–H groups in total. The van der Waals surface area contributed by atoms with Gasteiger partial charge in [0.05, 0.1) is 38.2 Å². The molecular weight excluding hydrogens is 522 g/mol. The number of hydrogen-bond acceptors (Lipinski definition) is 7. The third-order valence-electron chi connectivity index (χ3n) is 6.12. The van der Waals surface area contributed by atoms with E-state index in [0.717, 1.165) is 11.4 Å². The minimum absolute atomic E-state index is 0.153. The molecule has 0 fully saturated rings. The molecule has 0 unspecified atom stereocenters. The van der Waals surface area contributed by atoms with E-state index in [1.807, 2.05) is 48.3 Å². The summed E-state index contributed by atoms with van der Waals surface area (Å²) in [5, 5.41) is 3.27. The highest BCUT2D eigenvalue weighted by Crippen LogP contribution is 2.36. The predicted molar refractivity (Wildman–Crippen MR) is 150 cm³/mol. The highest BCUT2D eigenvalue weighted by atomic mass is 35.5. The quantitative estimate of drug-likeness (QED) is 0.483. The van der Waals surface area contributed by atoms with Crippen LogP contribution in [0.15, 0.2) is 66.7 Å². The highest BCUT2D eigenvalue weighted by molar-refractivity contribution is 6.31. The lowest BCUT2D eigenvalue weighted by atomic mass is 10.2. The SMILES string of the molecule is COc1ccccc1N(C)CCC(=O)N1CCOCCOc2ccccc2Oc2ccc(Cl)cc2NC(=O)C1. The van der Waals surface area contributed by atoms with Gasteiger partial charge in [-0.25, -0.2) is 0 Å². The van der Waals surface area contributed by atoms with Crippen molar-refractivity contribution in [1.29, 1.82) is 0 Å². The van der Waals surface area contributed by atoms with E-state index >= 15 is 0 Å². The fourth-order valence-corrected chi connectivity index (χ4v) is 4.26. The summed E-state index contributed by atoms with van der Waals surface area (Å²) in [6.45, 7) is 1.40. The number of carbonyl (C=O) groups excluding carboxylic acids is 2. The first-order valence-electron chi connectivity index (χ1n) is 12.6. The molecular formula is C29H32ClN3O6. The average molecular weight is 554 g/mol. The predicted octanol–water partition coefficient (Wildman–Crippen LogP) is 4.84. The fraction of sp³-hybridized carbons (Fsp3) is 0.310. The fourth-order valence-electron chi connectivity index (χ4n) is 4.09. The standard InChI is InChI=1S/C29H32ClN3O6/c1-32(23-7-3-4-8-25(23)36-2)14-13-29(35)33-15-16-37-17-18-38-26-9-5-6-10-27(26)39-24-12-11-21(30)19-22(24)31-28(34)20-33/h3-12,19H,13-18,20H2,1-2H3,(H,31,34). The van der Waals surface area contributed by atoms with E-state index in [9.17, 15) is 9.59 Å². The molecule has 0 atom stereocenters. The molecule has 9 nitrogen and oxygen atoms in total. The number of amides is 2. The Morgan fingerprint density at radius 1 is 1.03 bits per heavy atom. The number of halogens is 1. The summed E-state index contributed by atoms with van der Waals surface area (Å²) in [4.78, 5) is 29.8. The number of nitrogens with one attached hydrogen (secondary N) is 1. The summed E-state index contributed by atoms with van der Waals surface area (Å²) in [6.07, 6.45) is 0.200. The minimum atomic E-state index is -0.382. The maximum atomic E-state index is 13.2. The molecule has 206 valence electrons. The lowest BCUT2D eigenvalue weighted by molar-refractivity contribution is -0.135. The first-order chi connectivity index (χ1) is 18.9. The zero-order valence-electron chi connectivity index (χ0n) is 22.0. The summed E-state index contributed by atoms with van der Waals surface area (Å²) < 4.78 is 23.1. The monoisotopic (exact) mass is 553 g/mol. The van der Waals surface area contributed by atoms with E-state index in [1.54, 1.807) is 37.4 Å². The summed E-state index contributed by atoms with van der Waals surface area (Å²) in [5.74, 6) is 1.59. The summed E-state index contributed by atoms with van der Waals surface area (Å²) in [5.41, 5.74) is 1.26. The molecule has 0 bridgehead atoms. The van der Waals surface area contributed by atoms with Crippen molar-refractivity contribution in [2.24, 2.45) is 0 Å². The normalized spacial score (nSPS) is 14.3. The lowest BCUT2D eigenvalue weighted by Gasteiger charge is -2.25. The van der Waals surface area contributed by atoms with Gasteiger partial charge in [-0.2, -0.15) is 0 Å². The lowest BCUT2D eigenvalue weighted by Crippen LogP contribution is -2.41. The van der Waals surface area contributed by atoms with Gasteiger partial charge in [-0.05, 0) is 42.5 Å². The van der Waals surface area contributed by atoms with Crippen LogP contribution in [-0.4, -0.2) is 70.3 Å². The second kappa shape index (κ2) is 13.7. The number of benzene rings is 3. The first kappa shape index (κ1) is 28.1. The van der Waals surface area contributed by atoms with Gasteiger partial charge >= 0.3 is 0 Å². The van der Waals surface area contributed by atoms with Gasteiger partial charge < -0.3 is 34.1 Å². The maximum Gasteiger partial charge on any atom is 0.244 e. The second-order valence-corrected chi connectivity index (χ2v) is 9.29. The van der Waals surface area contributed by atoms with Gasteiger partial charge in [0.25, 0.3) is 0 Å². The molecule has 3 aromatic carbocycles. The number of methoxy groups -OCH3 is 1. The number of nitrogens with zero attached hydrogens (tertiary/aromatic N) is 2. The number of fused-ring (bicyclic) bond motifs is 2. The van der Waals surface area contributed by atoms with E-state index in [2.05, 4.69) is 5.32 Å². The summed E-state index contributed by atoms with van der Waals surface area (Å²) >= 11 is 6.22. The zero-order valence-corrected chi connectivity index (χ0v) is 22.8. The molecule has 0 aliphatic carbocycles. The average Bonchev–Trinajstić information content (AvgIpc) is 2.94. The van der Waals surface area contributed by atoms with Crippen LogP contribution in [0.3, 0.4) is 0 Å². The van der Waals surface area contributed by atoms with Crippen molar-refractivity contribution in [1.82, 2.24) is 4.90 Å². The molecule has 1 aliphatic rings. The second-order valence-electron chi connectivity index (χ2n) is 8.86. The van der Waals surface area contributed by atoms with Gasteiger partial charge in [0.1, 0.15) is 12.4 Å². The zero-order chi connectivity index (χ0) is 27.6. The molecule has 3 aromatic rings. The molecule has 1 aliphatic heterocycles. The van der Waals surface area contributed by atoms with Crippen LogP contribution in [0.5, 0.6) is 23.0 Å². The molecule has 1 heterocycles. The van der Waals surface area contributed by atoms with Crippen molar-refractivity contribution in [3.05, 3.63) is 71.8 Å². The molecule has 2 amide bonds. The van der Waals surface area contributed by atoms with Crippen molar-refractivity contribution >= 4 is 34.8 Å². The number of hydrogen-bond donors (Lipinski definition) is 1. The van der Waals surface area contributed by atoms with Gasteiger partial charge in [0, 0.05) is 31.6 Å². The third-order valence-corrected chi connectivity index (χ3v) is 6.36. The van der Waals surface area contributed by atoms with Crippen LogP contribution in [0.4, 0.5) is 11.4 Å². The van der Waals surface area contributed by atoms with E-state index in [1.165, 1.54) is 4.90 Å². The number of para-hydroxylation sites is 4. The largest absolute Gasteiger partial charge is 0.495 e.